The van der Waals surface area contributed by atoms with Gasteiger partial charge in [-0.25, -0.2) is 9.78 Å². The van der Waals surface area contributed by atoms with E-state index in [1.807, 2.05) is 11.0 Å². The summed E-state index contributed by atoms with van der Waals surface area (Å²) in [4.78, 5) is 30.0. The number of rotatable bonds is 6. The molecule has 3 fully saturated rings. The number of hydrogen-bond donors (Lipinski definition) is 2. The lowest BCUT2D eigenvalue weighted by Crippen LogP contribution is -2.34. The molecule has 28 heavy (non-hydrogen) atoms. The number of anilines is 1. The Morgan fingerprint density at radius 1 is 1.25 bits per heavy atom. The quantitative estimate of drug-likeness (QED) is 0.734. The first-order chi connectivity index (χ1) is 13.6. The molecule has 3 aliphatic rings. The molecule has 2 aliphatic carbocycles. The third kappa shape index (κ3) is 4.46. The van der Waals surface area contributed by atoms with Gasteiger partial charge < -0.3 is 20.7 Å². The van der Waals surface area contributed by atoms with Crippen molar-refractivity contribution in [1.82, 2.24) is 15.2 Å². The molecule has 0 spiro atoms. The topological polar surface area (TPSA) is 97.6 Å². The fourth-order valence-corrected chi connectivity index (χ4v) is 4.56. The number of nitrogen functional groups attached to an aromatic ring is 1. The van der Waals surface area contributed by atoms with E-state index in [0.717, 1.165) is 37.9 Å². The van der Waals surface area contributed by atoms with Crippen LogP contribution in [0, 0.1) is 17.8 Å². The Bertz CT molecular complexity index is 731. The monoisotopic (exact) mass is 384 g/mol. The number of fused-ring (bicyclic) bond motifs is 1. The van der Waals surface area contributed by atoms with Crippen molar-refractivity contribution in [2.24, 2.45) is 17.8 Å². The van der Waals surface area contributed by atoms with Crippen molar-refractivity contribution >= 4 is 23.9 Å². The van der Waals surface area contributed by atoms with Gasteiger partial charge in [-0.3, -0.25) is 4.79 Å². The number of nitrogens with zero attached hydrogens (tertiary/aromatic N) is 2. The second kappa shape index (κ2) is 8.20. The molecule has 7 heteroatoms. The van der Waals surface area contributed by atoms with Gasteiger partial charge >= 0.3 is 6.09 Å². The number of ether oxygens (including phenoxy) is 1. The zero-order valence-electron chi connectivity index (χ0n) is 16.0. The minimum atomic E-state index is -0.131. The van der Waals surface area contributed by atoms with Gasteiger partial charge in [-0.15, -0.1) is 0 Å². The van der Waals surface area contributed by atoms with Crippen LogP contribution in [0.2, 0.25) is 0 Å². The number of carbonyl (C=O) groups is 2. The summed E-state index contributed by atoms with van der Waals surface area (Å²) >= 11 is 0. The van der Waals surface area contributed by atoms with Crippen LogP contribution in [-0.4, -0.2) is 47.6 Å². The van der Waals surface area contributed by atoms with Gasteiger partial charge in [0.2, 0.25) is 5.91 Å². The zero-order chi connectivity index (χ0) is 19.5. The Labute approximate surface area is 165 Å². The first-order valence-electron chi connectivity index (χ1n) is 10.2. The van der Waals surface area contributed by atoms with Crippen LogP contribution in [0.1, 0.15) is 37.7 Å². The van der Waals surface area contributed by atoms with Crippen LogP contribution in [0.5, 0.6) is 0 Å². The van der Waals surface area contributed by atoms with Gasteiger partial charge in [-0.05, 0) is 73.6 Å². The van der Waals surface area contributed by atoms with E-state index >= 15 is 0 Å². The molecule has 1 aromatic heterocycles. The van der Waals surface area contributed by atoms with Crippen molar-refractivity contribution in [3.05, 3.63) is 30.0 Å². The van der Waals surface area contributed by atoms with E-state index in [1.54, 1.807) is 18.3 Å². The number of amides is 2. The minimum absolute atomic E-state index is 0.107. The summed E-state index contributed by atoms with van der Waals surface area (Å²) in [5, 5.41) is 2.93. The van der Waals surface area contributed by atoms with Crippen molar-refractivity contribution in [3.8, 4) is 0 Å². The summed E-state index contributed by atoms with van der Waals surface area (Å²) in [7, 11) is 0. The SMILES string of the molecule is Nc1ccc(/C=C/C(=O)NCC[C@@H]2[C@H]3CN(C(=O)OC4CCCC4)C[C@@H]23)cn1. The number of piperidine rings is 1. The van der Waals surface area contributed by atoms with Crippen LogP contribution in [0.15, 0.2) is 24.4 Å². The molecule has 1 aromatic rings. The van der Waals surface area contributed by atoms with E-state index in [0.29, 0.717) is 30.1 Å². The Morgan fingerprint density at radius 3 is 2.68 bits per heavy atom. The van der Waals surface area contributed by atoms with E-state index in [4.69, 9.17) is 10.5 Å². The number of hydrogen-bond acceptors (Lipinski definition) is 5. The normalized spacial score (nSPS) is 26.4. The Morgan fingerprint density at radius 2 is 2.00 bits per heavy atom. The molecular weight excluding hydrogens is 356 g/mol. The molecule has 0 bridgehead atoms. The average Bonchev–Trinajstić information content (AvgIpc) is 3.09. The molecule has 3 atom stereocenters. The molecule has 2 heterocycles. The molecule has 1 aliphatic heterocycles. The van der Waals surface area contributed by atoms with Crippen molar-refractivity contribution in [1.29, 1.82) is 0 Å². The van der Waals surface area contributed by atoms with Gasteiger partial charge in [0.1, 0.15) is 11.9 Å². The molecule has 7 nitrogen and oxygen atoms in total. The molecule has 4 rings (SSSR count). The fourth-order valence-electron chi connectivity index (χ4n) is 4.56. The van der Waals surface area contributed by atoms with Gasteiger partial charge in [0.25, 0.3) is 0 Å². The molecule has 1 saturated heterocycles. The van der Waals surface area contributed by atoms with Crippen molar-refractivity contribution < 1.29 is 14.3 Å². The molecule has 2 amide bonds. The Hall–Kier alpha value is -2.57. The second-order valence-electron chi connectivity index (χ2n) is 8.12. The highest BCUT2D eigenvalue weighted by atomic mass is 16.6. The predicted octanol–water partition coefficient (Wildman–Crippen LogP) is 2.44. The lowest BCUT2D eigenvalue weighted by atomic mass is 10.2. The van der Waals surface area contributed by atoms with Crippen molar-refractivity contribution in [2.45, 2.75) is 38.2 Å². The van der Waals surface area contributed by atoms with Gasteiger partial charge in [0.05, 0.1) is 0 Å². The average molecular weight is 384 g/mol. The van der Waals surface area contributed by atoms with Crippen molar-refractivity contribution in [2.75, 3.05) is 25.4 Å². The summed E-state index contributed by atoms with van der Waals surface area (Å²) in [5.74, 6) is 2.11. The predicted molar refractivity (Wildman–Crippen MR) is 106 cm³/mol. The lowest BCUT2D eigenvalue weighted by molar-refractivity contribution is -0.116. The molecule has 3 N–H and O–H groups in total. The molecule has 150 valence electrons. The van der Waals surface area contributed by atoms with E-state index in [9.17, 15) is 9.59 Å². The summed E-state index contributed by atoms with van der Waals surface area (Å²) in [6, 6.07) is 3.53. The maximum absolute atomic E-state index is 12.2. The third-order valence-electron chi connectivity index (χ3n) is 6.21. The Kier molecular flexibility index (Phi) is 5.50. The molecule has 2 saturated carbocycles. The van der Waals surface area contributed by atoms with Crippen LogP contribution in [-0.2, 0) is 9.53 Å². The maximum atomic E-state index is 12.2. The van der Waals surface area contributed by atoms with E-state index in [2.05, 4.69) is 10.3 Å². The molecule has 0 unspecified atom stereocenters. The summed E-state index contributed by atoms with van der Waals surface area (Å²) < 4.78 is 5.59. The fraction of sp³-hybridized carbons (Fsp3) is 0.571. The first kappa shape index (κ1) is 18.8. The number of likely N-dealkylation sites (tertiary alicyclic amines) is 1. The Balaban J connectivity index is 1.12. The van der Waals surface area contributed by atoms with E-state index < -0.39 is 0 Å². The smallest absolute Gasteiger partial charge is 0.410 e. The van der Waals surface area contributed by atoms with Crippen LogP contribution in [0.4, 0.5) is 10.6 Å². The van der Waals surface area contributed by atoms with Crippen molar-refractivity contribution in [3.63, 3.8) is 0 Å². The van der Waals surface area contributed by atoms with Crippen LogP contribution < -0.4 is 11.1 Å². The second-order valence-corrected chi connectivity index (χ2v) is 8.12. The molecule has 0 aromatic carbocycles. The maximum Gasteiger partial charge on any atom is 0.410 e. The number of nitrogens with one attached hydrogen (secondary N) is 1. The van der Waals surface area contributed by atoms with Crippen LogP contribution in [0.3, 0.4) is 0 Å². The highest BCUT2D eigenvalue weighted by Gasteiger charge is 2.56. The van der Waals surface area contributed by atoms with Gasteiger partial charge in [-0.1, -0.05) is 0 Å². The highest BCUT2D eigenvalue weighted by Crippen LogP contribution is 2.53. The standard InChI is InChI=1S/C21H28N4O3/c22-19-7-5-14(11-24-19)6-8-20(26)23-10-9-16-17-12-25(13-18(16)17)21(27)28-15-3-1-2-4-15/h5-8,11,15-18H,1-4,9-10,12-13H2,(H2,22,24)(H,23,26)/b8-6+/t16-,17-,18+. The summed E-state index contributed by atoms with van der Waals surface area (Å²) in [6.45, 7) is 2.27. The molecular formula is C21H28N4O3. The highest BCUT2D eigenvalue weighted by molar-refractivity contribution is 5.91. The van der Waals surface area contributed by atoms with E-state index in [1.165, 1.54) is 18.9 Å². The number of nitrogens with two attached hydrogens (primary N) is 1. The number of pyridine rings is 1. The van der Waals surface area contributed by atoms with Gasteiger partial charge in [0, 0.05) is 31.9 Å². The molecule has 0 radical (unpaired) electrons. The van der Waals surface area contributed by atoms with Gasteiger partial charge in [0.15, 0.2) is 0 Å². The third-order valence-corrected chi connectivity index (χ3v) is 6.21. The van der Waals surface area contributed by atoms with Gasteiger partial charge in [-0.2, -0.15) is 0 Å². The lowest BCUT2D eigenvalue weighted by Gasteiger charge is -2.22. The van der Waals surface area contributed by atoms with Crippen LogP contribution in [0.25, 0.3) is 6.08 Å². The minimum Gasteiger partial charge on any atom is -0.446 e. The first-order valence-corrected chi connectivity index (χ1v) is 10.2. The van der Waals surface area contributed by atoms with E-state index in [-0.39, 0.29) is 18.1 Å². The zero-order valence-corrected chi connectivity index (χ0v) is 16.0. The number of carbonyl (C=O) groups excluding carboxylic acids is 2. The largest absolute Gasteiger partial charge is 0.446 e. The summed E-state index contributed by atoms with van der Waals surface area (Å²) in [6.07, 6.45) is 10.2. The number of aromatic nitrogens is 1. The van der Waals surface area contributed by atoms with Crippen LogP contribution >= 0.6 is 0 Å². The summed E-state index contributed by atoms with van der Waals surface area (Å²) in [5.41, 5.74) is 6.38.